The molecule has 90 valence electrons. The van der Waals surface area contributed by atoms with E-state index in [0.717, 1.165) is 31.7 Å². The van der Waals surface area contributed by atoms with E-state index in [1.165, 1.54) is 5.56 Å². The van der Waals surface area contributed by atoms with E-state index in [0.29, 0.717) is 5.41 Å². The Bertz CT molecular complexity index is 298. The highest BCUT2D eigenvalue weighted by Crippen LogP contribution is 2.17. The molecular formula is C14H23NO. The molecule has 0 atom stereocenters. The lowest BCUT2D eigenvalue weighted by atomic mass is 9.93. The average Bonchev–Trinajstić information content (AvgIpc) is 2.19. The monoisotopic (exact) mass is 221 g/mol. The van der Waals surface area contributed by atoms with Crippen molar-refractivity contribution < 1.29 is 4.74 Å². The maximum Gasteiger partial charge on any atom is 0.0506 e. The van der Waals surface area contributed by atoms with Crippen LogP contribution in [0, 0.1) is 5.41 Å². The van der Waals surface area contributed by atoms with Gasteiger partial charge in [-0.2, -0.15) is 0 Å². The summed E-state index contributed by atoms with van der Waals surface area (Å²) in [5.41, 5.74) is 8.08. The van der Waals surface area contributed by atoms with Crippen LogP contribution < -0.4 is 5.73 Å². The summed E-state index contributed by atoms with van der Waals surface area (Å²) in [4.78, 5) is 0. The summed E-state index contributed by atoms with van der Waals surface area (Å²) in [6, 6.07) is 7.99. The van der Waals surface area contributed by atoms with Gasteiger partial charge in [-0.05, 0) is 36.0 Å². The number of anilines is 1. The van der Waals surface area contributed by atoms with Gasteiger partial charge in [-0.15, -0.1) is 0 Å². The molecule has 0 aliphatic heterocycles. The van der Waals surface area contributed by atoms with Crippen molar-refractivity contribution in [3.8, 4) is 0 Å². The number of nitrogens with two attached hydrogens (primary N) is 1. The van der Waals surface area contributed by atoms with Gasteiger partial charge in [-0.3, -0.25) is 0 Å². The van der Waals surface area contributed by atoms with Crippen LogP contribution in [0.2, 0.25) is 0 Å². The molecule has 1 aromatic carbocycles. The fourth-order valence-corrected chi connectivity index (χ4v) is 1.35. The Morgan fingerprint density at radius 3 is 2.25 bits per heavy atom. The maximum atomic E-state index is 5.62. The van der Waals surface area contributed by atoms with Crippen molar-refractivity contribution in [3.63, 3.8) is 0 Å². The summed E-state index contributed by atoms with van der Waals surface area (Å²) in [7, 11) is 0. The Morgan fingerprint density at radius 1 is 1.06 bits per heavy atom. The summed E-state index contributed by atoms with van der Waals surface area (Å²) in [6.45, 7) is 8.33. The molecule has 2 heteroatoms. The van der Waals surface area contributed by atoms with Crippen LogP contribution in [0.3, 0.4) is 0 Å². The van der Waals surface area contributed by atoms with Gasteiger partial charge in [-0.1, -0.05) is 32.9 Å². The molecule has 0 aliphatic rings. The molecule has 16 heavy (non-hydrogen) atoms. The van der Waals surface area contributed by atoms with E-state index in [-0.39, 0.29) is 0 Å². The maximum absolute atomic E-state index is 5.62. The zero-order valence-electron chi connectivity index (χ0n) is 10.6. The molecule has 2 N–H and O–H groups in total. The second-order valence-corrected chi connectivity index (χ2v) is 5.41. The van der Waals surface area contributed by atoms with Crippen LogP contribution in [0.25, 0.3) is 0 Å². The molecule has 1 rings (SSSR count). The van der Waals surface area contributed by atoms with Crippen LogP contribution in [0.5, 0.6) is 0 Å². The van der Waals surface area contributed by atoms with Gasteiger partial charge in [-0.25, -0.2) is 0 Å². The number of hydrogen-bond acceptors (Lipinski definition) is 2. The third-order valence-electron chi connectivity index (χ3n) is 2.51. The molecule has 0 amide bonds. The molecule has 0 spiro atoms. The smallest absolute Gasteiger partial charge is 0.0506 e. The van der Waals surface area contributed by atoms with Crippen molar-refractivity contribution in [2.24, 2.45) is 5.41 Å². The van der Waals surface area contributed by atoms with E-state index in [2.05, 4.69) is 32.9 Å². The topological polar surface area (TPSA) is 35.2 Å². The lowest BCUT2D eigenvalue weighted by Crippen LogP contribution is -2.10. The van der Waals surface area contributed by atoms with Gasteiger partial charge < -0.3 is 10.5 Å². The molecule has 0 unspecified atom stereocenters. The summed E-state index contributed by atoms with van der Waals surface area (Å²) < 4.78 is 5.61. The van der Waals surface area contributed by atoms with E-state index < -0.39 is 0 Å². The minimum atomic E-state index is 0.362. The zero-order valence-corrected chi connectivity index (χ0v) is 10.6. The minimum absolute atomic E-state index is 0.362. The van der Waals surface area contributed by atoms with E-state index in [9.17, 15) is 0 Å². The van der Waals surface area contributed by atoms with E-state index in [4.69, 9.17) is 10.5 Å². The molecule has 0 aromatic heterocycles. The van der Waals surface area contributed by atoms with Crippen molar-refractivity contribution in [1.29, 1.82) is 0 Å². The Kier molecular flexibility index (Phi) is 4.81. The number of ether oxygens (including phenoxy) is 1. The zero-order chi connectivity index (χ0) is 12.0. The van der Waals surface area contributed by atoms with E-state index >= 15 is 0 Å². The van der Waals surface area contributed by atoms with Crippen molar-refractivity contribution in [3.05, 3.63) is 29.8 Å². The van der Waals surface area contributed by atoms with Gasteiger partial charge in [0.25, 0.3) is 0 Å². The molecule has 0 saturated carbocycles. The fourth-order valence-electron chi connectivity index (χ4n) is 1.35. The lowest BCUT2D eigenvalue weighted by Gasteiger charge is -2.17. The lowest BCUT2D eigenvalue weighted by molar-refractivity contribution is 0.111. The molecule has 1 aromatic rings. The second-order valence-electron chi connectivity index (χ2n) is 5.41. The summed E-state index contributed by atoms with van der Waals surface area (Å²) in [5.74, 6) is 0. The Hall–Kier alpha value is -1.02. The number of benzene rings is 1. The molecule has 0 aliphatic carbocycles. The first kappa shape index (κ1) is 13.0. The van der Waals surface area contributed by atoms with Gasteiger partial charge in [0.05, 0.1) is 6.61 Å². The number of rotatable bonds is 5. The highest BCUT2D eigenvalue weighted by Gasteiger charge is 2.08. The van der Waals surface area contributed by atoms with Crippen molar-refractivity contribution >= 4 is 5.69 Å². The van der Waals surface area contributed by atoms with Crippen LogP contribution in [-0.2, 0) is 11.2 Å². The molecule has 0 fully saturated rings. The molecule has 2 nitrogen and oxygen atoms in total. The van der Waals surface area contributed by atoms with Gasteiger partial charge in [0, 0.05) is 12.3 Å². The van der Waals surface area contributed by atoms with Gasteiger partial charge in [0.15, 0.2) is 0 Å². The van der Waals surface area contributed by atoms with Crippen molar-refractivity contribution in [2.45, 2.75) is 33.6 Å². The van der Waals surface area contributed by atoms with Crippen LogP contribution in [0.1, 0.15) is 32.8 Å². The highest BCUT2D eigenvalue weighted by molar-refractivity contribution is 5.39. The van der Waals surface area contributed by atoms with E-state index in [1.807, 2.05) is 12.1 Å². The van der Waals surface area contributed by atoms with Crippen molar-refractivity contribution in [2.75, 3.05) is 18.9 Å². The summed E-state index contributed by atoms with van der Waals surface area (Å²) >= 11 is 0. The van der Waals surface area contributed by atoms with Crippen LogP contribution in [-0.4, -0.2) is 13.2 Å². The fraction of sp³-hybridized carbons (Fsp3) is 0.571. The average molecular weight is 221 g/mol. The van der Waals surface area contributed by atoms with E-state index in [1.54, 1.807) is 0 Å². The minimum Gasteiger partial charge on any atom is -0.399 e. The number of hydrogen-bond donors (Lipinski definition) is 1. The van der Waals surface area contributed by atoms with Crippen LogP contribution >= 0.6 is 0 Å². The third kappa shape index (κ3) is 5.76. The predicted octanol–water partition coefficient (Wildman–Crippen LogP) is 3.26. The second kappa shape index (κ2) is 5.90. The van der Waals surface area contributed by atoms with Gasteiger partial charge in [0.1, 0.15) is 0 Å². The first-order chi connectivity index (χ1) is 7.47. The summed E-state index contributed by atoms with van der Waals surface area (Å²) in [6.07, 6.45) is 2.07. The summed E-state index contributed by atoms with van der Waals surface area (Å²) in [5, 5.41) is 0. The Morgan fingerprint density at radius 2 is 1.69 bits per heavy atom. The first-order valence-corrected chi connectivity index (χ1v) is 5.89. The predicted molar refractivity (Wildman–Crippen MR) is 69.4 cm³/mol. The van der Waals surface area contributed by atoms with Crippen molar-refractivity contribution in [1.82, 2.24) is 0 Å². The molecule has 0 heterocycles. The number of nitrogen functional groups attached to an aromatic ring is 1. The SMILES string of the molecule is CC(C)(C)CCOCCc1ccc(N)cc1. The molecule has 0 saturated heterocycles. The van der Waals surface area contributed by atoms with Gasteiger partial charge >= 0.3 is 0 Å². The Labute approximate surface area is 98.8 Å². The highest BCUT2D eigenvalue weighted by atomic mass is 16.5. The normalized spacial score (nSPS) is 11.7. The molecule has 0 bridgehead atoms. The quantitative estimate of drug-likeness (QED) is 0.612. The standard InChI is InChI=1S/C14H23NO/c1-14(2,3)9-11-16-10-8-12-4-6-13(15)7-5-12/h4-7H,8-11,15H2,1-3H3. The third-order valence-corrected chi connectivity index (χ3v) is 2.51. The van der Waals surface area contributed by atoms with Crippen LogP contribution in [0.4, 0.5) is 5.69 Å². The largest absolute Gasteiger partial charge is 0.399 e. The molecular weight excluding hydrogens is 198 g/mol. The first-order valence-electron chi connectivity index (χ1n) is 5.89. The van der Waals surface area contributed by atoms with Gasteiger partial charge in [0.2, 0.25) is 0 Å². The molecule has 0 radical (unpaired) electrons. The Balaban J connectivity index is 2.14. The van der Waals surface area contributed by atoms with Crippen LogP contribution in [0.15, 0.2) is 24.3 Å².